The molecular weight excluding hydrogens is 395 g/mol. The average Bonchev–Trinajstić information content (AvgIpc) is 3.44. The third-order valence-electron chi connectivity index (χ3n) is 5.78. The number of anilines is 1. The Labute approximate surface area is 173 Å². The summed E-state index contributed by atoms with van der Waals surface area (Å²) in [4.78, 5) is 24.3. The summed E-state index contributed by atoms with van der Waals surface area (Å²) in [7, 11) is 0. The number of halogens is 3. The van der Waals surface area contributed by atoms with Gasteiger partial charge in [0.05, 0.1) is 17.3 Å². The fourth-order valence-corrected chi connectivity index (χ4v) is 3.62. The number of alkyl halides is 3. The van der Waals surface area contributed by atoms with E-state index in [2.05, 4.69) is 5.32 Å². The minimum absolute atomic E-state index is 0.293. The second kappa shape index (κ2) is 8.13. The molecule has 2 aromatic carbocycles. The van der Waals surface area contributed by atoms with Crippen molar-refractivity contribution in [1.82, 2.24) is 0 Å². The number of aliphatic carboxylic acids is 1. The molecule has 2 aromatic rings. The van der Waals surface area contributed by atoms with E-state index in [0.717, 1.165) is 18.1 Å². The monoisotopic (exact) mass is 419 g/mol. The first-order valence-electron chi connectivity index (χ1n) is 9.78. The van der Waals surface area contributed by atoms with Crippen molar-refractivity contribution in [3.63, 3.8) is 0 Å². The fraction of sp³-hybridized carbons (Fsp3) is 0.391. The molecule has 0 bridgehead atoms. The maximum absolute atomic E-state index is 13.5. The molecule has 2 unspecified atom stereocenters. The number of nitrogens with one attached hydrogen (secondary N) is 1. The van der Waals surface area contributed by atoms with Crippen molar-refractivity contribution in [2.45, 2.75) is 45.2 Å². The van der Waals surface area contributed by atoms with Gasteiger partial charge >= 0.3 is 12.1 Å². The lowest BCUT2D eigenvalue weighted by Gasteiger charge is -2.26. The van der Waals surface area contributed by atoms with Crippen LogP contribution in [0, 0.1) is 18.3 Å². The number of carboxylic acids is 1. The van der Waals surface area contributed by atoms with Crippen LogP contribution in [0.25, 0.3) is 0 Å². The quantitative estimate of drug-likeness (QED) is 0.638. The Morgan fingerprint density at radius 2 is 1.77 bits per heavy atom. The van der Waals surface area contributed by atoms with Gasteiger partial charge in [-0.2, -0.15) is 13.2 Å². The van der Waals surface area contributed by atoms with Gasteiger partial charge in [0.1, 0.15) is 0 Å². The van der Waals surface area contributed by atoms with Gasteiger partial charge in [0, 0.05) is 5.69 Å². The number of hydrogen-bond donors (Lipinski definition) is 2. The van der Waals surface area contributed by atoms with Gasteiger partial charge in [-0.25, -0.2) is 0 Å². The highest BCUT2D eigenvalue weighted by Gasteiger charge is 2.50. The van der Waals surface area contributed by atoms with Crippen molar-refractivity contribution < 1.29 is 27.9 Å². The molecule has 0 radical (unpaired) electrons. The van der Waals surface area contributed by atoms with E-state index in [1.807, 2.05) is 6.92 Å². The summed E-state index contributed by atoms with van der Waals surface area (Å²) in [5.41, 5.74) is 1.49. The van der Waals surface area contributed by atoms with E-state index in [-0.39, 0.29) is 0 Å². The molecule has 1 fully saturated rings. The highest BCUT2D eigenvalue weighted by Crippen LogP contribution is 2.48. The number of rotatable bonds is 7. The van der Waals surface area contributed by atoms with Crippen molar-refractivity contribution in [1.29, 1.82) is 0 Å². The number of carboxylic acid groups (broad SMARTS) is 1. The molecule has 0 heterocycles. The lowest BCUT2D eigenvalue weighted by molar-refractivity contribution is -0.178. The molecular formula is C23H24F3NO3. The standard InChI is InChI=1S/C23H24F3NO3/c1-14-6-8-17(9-7-14)19(15(2)23(24,25)26)20(28)27-18-5-3-4-16(12-18)13-22(10-11-22)21(29)30/h3-9,12,15,19H,10-11,13H2,1-2H3,(H,27,28)(H,29,30). The van der Waals surface area contributed by atoms with Gasteiger partial charge < -0.3 is 10.4 Å². The Hall–Kier alpha value is -2.83. The fourth-order valence-electron chi connectivity index (χ4n) is 3.62. The van der Waals surface area contributed by atoms with E-state index in [9.17, 15) is 27.9 Å². The first kappa shape index (κ1) is 21.9. The minimum Gasteiger partial charge on any atom is -0.481 e. The maximum atomic E-state index is 13.5. The van der Waals surface area contributed by atoms with Crippen LogP contribution in [0.1, 0.15) is 42.4 Å². The van der Waals surface area contributed by atoms with Crippen LogP contribution in [0.4, 0.5) is 18.9 Å². The van der Waals surface area contributed by atoms with Crippen LogP contribution in [0.5, 0.6) is 0 Å². The molecule has 2 atom stereocenters. The summed E-state index contributed by atoms with van der Waals surface area (Å²) < 4.78 is 40.4. The zero-order valence-corrected chi connectivity index (χ0v) is 16.8. The highest BCUT2D eigenvalue weighted by atomic mass is 19.4. The minimum atomic E-state index is -4.53. The van der Waals surface area contributed by atoms with Crippen LogP contribution >= 0.6 is 0 Å². The van der Waals surface area contributed by atoms with E-state index in [1.54, 1.807) is 48.5 Å². The third-order valence-corrected chi connectivity index (χ3v) is 5.78. The lowest BCUT2D eigenvalue weighted by Crippen LogP contribution is -2.34. The molecule has 30 heavy (non-hydrogen) atoms. The number of carbonyl (C=O) groups excluding carboxylic acids is 1. The first-order chi connectivity index (χ1) is 14.0. The van der Waals surface area contributed by atoms with Crippen LogP contribution in [-0.2, 0) is 16.0 Å². The van der Waals surface area contributed by atoms with Gasteiger partial charge in [-0.05, 0) is 49.4 Å². The zero-order chi connectivity index (χ0) is 22.1. The molecule has 1 aliphatic rings. The SMILES string of the molecule is Cc1ccc(C(C(=O)Nc2cccc(CC3(C(=O)O)CC3)c2)C(C)C(F)(F)F)cc1. The number of hydrogen-bond acceptors (Lipinski definition) is 2. The van der Waals surface area contributed by atoms with Crippen LogP contribution in [0.2, 0.25) is 0 Å². The Bertz CT molecular complexity index is 933. The van der Waals surface area contributed by atoms with Crippen molar-refractivity contribution in [3.8, 4) is 0 Å². The van der Waals surface area contributed by atoms with Crippen LogP contribution in [0.15, 0.2) is 48.5 Å². The molecule has 4 nitrogen and oxygen atoms in total. The third kappa shape index (κ3) is 4.83. The highest BCUT2D eigenvalue weighted by molar-refractivity contribution is 5.96. The number of benzene rings is 2. The van der Waals surface area contributed by atoms with E-state index in [0.29, 0.717) is 30.5 Å². The van der Waals surface area contributed by atoms with E-state index >= 15 is 0 Å². The van der Waals surface area contributed by atoms with E-state index < -0.39 is 35.3 Å². The van der Waals surface area contributed by atoms with Gasteiger partial charge in [-0.3, -0.25) is 9.59 Å². The normalized spacial score (nSPS) is 17.1. The molecule has 1 amide bonds. The molecule has 3 rings (SSSR count). The number of carbonyl (C=O) groups is 2. The van der Waals surface area contributed by atoms with Crippen molar-refractivity contribution in [2.24, 2.45) is 11.3 Å². The Morgan fingerprint density at radius 1 is 1.13 bits per heavy atom. The molecule has 0 saturated heterocycles. The number of amides is 1. The van der Waals surface area contributed by atoms with E-state index in [4.69, 9.17) is 0 Å². The van der Waals surface area contributed by atoms with Crippen molar-refractivity contribution in [2.75, 3.05) is 5.32 Å². The average molecular weight is 419 g/mol. The topological polar surface area (TPSA) is 66.4 Å². The smallest absolute Gasteiger partial charge is 0.392 e. The predicted octanol–water partition coefficient (Wildman–Crippen LogP) is 5.32. The van der Waals surface area contributed by atoms with Crippen LogP contribution < -0.4 is 5.32 Å². The van der Waals surface area contributed by atoms with Crippen molar-refractivity contribution in [3.05, 3.63) is 65.2 Å². The molecule has 0 aliphatic heterocycles. The lowest BCUT2D eigenvalue weighted by atomic mass is 9.85. The van der Waals surface area contributed by atoms with Crippen LogP contribution in [0.3, 0.4) is 0 Å². The molecule has 2 N–H and O–H groups in total. The van der Waals surface area contributed by atoms with Gasteiger partial charge in [-0.1, -0.05) is 48.9 Å². The van der Waals surface area contributed by atoms with Gasteiger partial charge in [0.15, 0.2) is 0 Å². The maximum Gasteiger partial charge on any atom is 0.392 e. The molecule has 0 aromatic heterocycles. The van der Waals surface area contributed by atoms with Gasteiger partial charge in [-0.15, -0.1) is 0 Å². The molecule has 7 heteroatoms. The van der Waals surface area contributed by atoms with E-state index in [1.165, 1.54) is 0 Å². The Morgan fingerprint density at radius 3 is 2.30 bits per heavy atom. The summed E-state index contributed by atoms with van der Waals surface area (Å²) in [6, 6.07) is 13.1. The van der Waals surface area contributed by atoms with Gasteiger partial charge in [0.2, 0.25) is 5.91 Å². The first-order valence-corrected chi connectivity index (χ1v) is 9.78. The second-order valence-corrected chi connectivity index (χ2v) is 8.17. The van der Waals surface area contributed by atoms with Crippen LogP contribution in [-0.4, -0.2) is 23.2 Å². The summed E-state index contributed by atoms with van der Waals surface area (Å²) in [5, 5.41) is 12.0. The Kier molecular flexibility index (Phi) is 5.92. The predicted molar refractivity (Wildman–Crippen MR) is 107 cm³/mol. The zero-order valence-electron chi connectivity index (χ0n) is 16.8. The summed E-state index contributed by atoms with van der Waals surface area (Å²) in [5.74, 6) is -4.87. The number of aryl methyl sites for hydroxylation is 1. The molecule has 1 saturated carbocycles. The largest absolute Gasteiger partial charge is 0.481 e. The molecule has 160 valence electrons. The Balaban J connectivity index is 1.83. The summed E-state index contributed by atoms with van der Waals surface area (Å²) in [6.45, 7) is 2.82. The second-order valence-electron chi connectivity index (χ2n) is 8.17. The van der Waals surface area contributed by atoms with Crippen molar-refractivity contribution >= 4 is 17.6 Å². The molecule has 1 aliphatic carbocycles. The summed E-state index contributed by atoms with van der Waals surface area (Å²) in [6.07, 6.45) is -3.02. The van der Waals surface area contributed by atoms with Gasteiger partial charge in [0.25, 0.3) is 0 Å². The molecule has 0 spiro atoms. The summed E-state index contributed by atoms with van der Waals surface area (Å²) >= 11 is 0.